The van der Waals surface area contributed by atoms with Gasteiger partial charge in [0.15, 0.2) is 0 Å². The fourth-order valence-corrected chi connectivity index (χ4v) is 3.96. The molecule has 1 aromatic heterocycles. The van der Waals surface area contributed by atoms with E-state index in [4.69, 9.17) is 14.6 Å². The molecule has 0 aliphatic heterocycles. The molecule has 0 bridgehead atoms. The molecule has 0 saturated heterocycles. The lowest BCUT2D eigenvalue weighted by atomic mass is 10.2. The molecule has 1 heterocycles. The number of para-hydroxylation sites is 1. The van der Waals surface area contributed by atoms with Gasteiger partial charge >= 0.3 is 0 Å². The van der Waals surface area contributed by atoms with Crippen molar-refractivity contribution >= 4 is 0 Å². The Balaban J connectivity index is 1.63. The van der Waals surface area contributed by atoms with Crippen molar-refractivity contribution in [3.8, 4) is 17.3 Å². The molecule has 34 heavy (non-hydrogen) atoms. The molecule has 0 amide bonds. The van der Waals surface area contributed by atoms with Gasteiger partial charge in [-0.3, -0.25) is 4.90 Å². The Morgan fingerprint density at radius 2 is 1.91 bits per heavy atom. The topological polar surface area (TPSA) is 59.8 Å². The van der Waals surface area contributed by atoms with Gasteiger partial charge in [0.25, 0.3) is 0 Å². The van der Waals surface area contributed by atoms with Crippen LogP contribution < -0.4 is 4.74 Å². The van der Waals surface area contributed by atoms with Crippen molar-refractivity contribution in [1.29, 1.82) is 0 Å². The number of halogens is 1. The summed E-state index contributed by atoms with van der Waals surface area (Å²) in [6, 6.07) is 15.9. The number of benzene rings is 2. The molecule has 0 radical (unpaired) electrons. The summed E-state index contributed by atoms with van der Waals surface area (Å²) < 4.78 is 27.5. The fourth-order valence-electron chi connectivity index (χ4n) is 3.96. The highest BCUT2D eigenvalue weighted by Crippen LogP contribution is 2.34. The molecule has 1 fully saturated rings. The molecule has 2 aromatic carbocycles. The number of hydrogen-bond acceptors (Lipinski definition) is 5. The minimum Gasteiger partial charge on any atom is -0.438 e. The summed E-state index contributed by atoms with van der Waals surface area (Å²) in [5, 5.41) is 15.4. The van der Waals surface area contributed by atoms with Gasteiger partial charge in [-0.15, -0.1) is 0 Å². The second kappa shape index (κ2) is 11.1. The Hall–Kier alpha value is -2.74. The van der Waals surface area contributed by atoms with E-state index < -0.39 is 6.10 Å². The largest absolute Gasteiger partial charge is 0.438 e. The van der Waals surface area contributed by atoms with E-state index in [2.05, 4.69) is 4.90 Å². The first kappa shape index (κ1) is 24.4. The Morgan fingerprint density at radius 3 is 2.59 bits per heavy atom. The zero-order chi connectivity index (χ0) is 24.1. The monoisotopic (exact) mass is 467 g/mol. The van der Waals surface area contributed by atoms with E-state index in [9.17, 15) is 9.50 Å². The van der Waals surface area contributed by atoms with E-state index in [-0.39, 0.29) is 11.9 Å². The molecule has 0 unspecified atom stereocenters. The number of rotatable bonds is 12. The van der Waals surface area contributed by atoms with Crippen molar-refractivity contribution < 1.29 is 19.0 Å². The first-order valence-electron chi connectivity index (χ1n) is 12.0. The summed E-state index contributed by atoms with van der Waals surface area (Å²) in [6.45, 7) is 8.15. The third kappa shape index (κ3) is 6.65. The molecule has 6 nitrogen and oxygen atoms in total. The standard InChI is InChI=1S/C27H34FN3O3/c1-19(2)33-18-24(32)16-30(15-21-12-13-21)17-26-20(3)29-31(23-9-5-4-6-10-23)27(26)34-25-11-7-8-22(28)14-25/h4-11,14,19,21,24,32H,12-13,15-18H2,1-3H3/t24-/m0/s1. The van der Waals surface area contributed by atoms with Gasteiger partial charge in [0.2, 0.25) is 5.88 Å². The number of aliphatic hydroxyl groups excluding tert-OH is 1. The van der Waals surface area contributed by atoms with Gasteiger partial charge in [0.05, 0.1) is 35.8 Å². The van der Waals surface area contributed by atoms with Crippen LogP contribution in [0.1, 0.15) is 37.9 Å². The smallest absolute Gasteiger partial charge is 0.227 e. The van der Waals surface area contributed by atoms with Gasteiger partial charge in [-0.25, -0.2) is 9.07 Å². The molecule has 1 saturated carbocycles. The number of aromatic nitrogens is 2. The molecule has 182 valence electrons. The molecule has 4 rings (SSSR count). The van der Waals surface area contributed by atoms with Gasteiger partial charge < -0.3 is 14.6 Å². The Bertz CT molecular complexity index is 1070. The molecule has 1 atom stereocenters. The molecule has 0 spiro atoms. The van der Waals surface area contributed by atoms with Crippen LogP contribution in [0.25, 0.3) is 5.69 Å². The van der Waals surface area contributed by atoms with Crippen LogP contribution in [0.5, 0.6) is 11.6 Å². The summed E-state index contributed by atoms with van der Waals surface area (Å²) in [5.74, 6) is 1.26. The molecule has 7 heteroatoms. The Morgan fingerprint density at radius 1 is 1.15 bits per heavy atom. The van der Waals surface area contributed by atoms with Gasteiger partial charge in [-0.2, -0.15) is 5.10 Å². The first-order valence-corrected chi connectivity index (χ1v) is 12.0. The van der Waals surface area contributed by atoms with Crippen LogP contribution in [0.3, 0.4) is 0 Å². The maximum absolute atomic E-state index is 13.9. The lowest BCUT2D eigenvalue weighted by Gasteiger charge is -2.26. The normalized spacial score (nSPS) is 14.7. The predicted octanol–water partition coefficient (Wildman–Crippen LogP) is 5.11. The maximum Gasteiger partial charge on any atom is 0.227 e. The lowest BCUT2D eigenvalue weighted by molar-refractivity contribution is -0.0101. The van der Waals surface area contributed by atoms with Crippen LogP contribution >= 0.6 is 0 Å². The van der Waals surface area contributed by atoms with Crippen molar-refractivity contribution in [2.24, 2.45) is 5.92 Å². The second-order valence-electron chi connectivity index (χ2n) is 9.35. The van der Waals surface area contributed by atoms with E-state index in [1.54, 1.807) is 16.8 Å². The molecular weight excluding hydrogens is 433 g/mol. The van der Waals surface area contributed by atoms with Crippen LogP contribution in [-0.2, 0) is 11.3 Å². The molecule has 3 aromatic rings. The predicted molar refractivity (Wildman–Crippen MR) is 130 cm³/mol. The third-order valence-corrected chi connectivity index (χ3v) is 5.83. The van der Waals surface area contributed by atoms with Crippen LogP contribution in [-0.4, -0.2) is 51.7 Å². The summed E-state index contributed by atoms with van der Waals surface area (Å²) >= 11 is 0. The van der Waals surface area contributed by atoms with Crippen molar-refractivity contribution in [1.82, 2.24) is 14.7 Å². The van der Waals surface area contributed by atoms with E-state index in [0.29, 0.717) is 37.2 Å². The SMILES string of the molecule is Cc1nn(-c2ccccc2)c(Oc2cccc(F)c2)c1CN(CC1CC1)C[C@H](O)COC(C)C. The first-order chi connectivity index (χ1) is 16.4. The summed E-state index contributed by atoms with van der Waals surface area (Å²) in [5.41, 5.74) is 2.62. The Kier molecular flexibility index (Phi) is 7.98. The van der Waals surface area contributed by atoms with E-state index in [0.717, 1.165) is 23.5 Å². The minimum atomic E-state index is -0.585. The van der Waals surface area contributed by atoms with Gasteiger partial charge in [-0.1, -0.05) is 24.3 Å². The van der Waals surface area contributed by atoms with Crippen LogP contribution in [0.2, 0.25) is 0 Å². The highest BCUT2D eigenvalue weighted by molar-refractivity contribution is 5.43. The quantitative estimate of drug-likeness (QED) is 0.401. The minimum absolute atomic E-state index is 0.0733. The fraction of sp³-hybridized carbons (Fsp3) is 0.444. The van der Waals surface area contributed by atoms with Crippen LogP contribution in [0.15, 0.2) is 54.6 Å². The molecule has 1 aliphatic rings. The summed E-state index contributed by atoms with van der Waals surface area (Å²) in [4.78, 5) is 2.25. The number of nitrogens with zero attached hydrogens (tertiary/aromatic N) is 3. The second-order valence-corrected chi connectivity index (χ2v) is 9.35. The maximum atomic E-state index is 13.9. The number of hydrogen-bond donors (Lipinski definition) is 1. The average Bonchev–Trinajstić information content (AvgIpc) is 3.57. The number of aliphatic hydroxyl groups is 1. The van der Waals surface area contributed by atoms with Crippen molar-refractivity contribution in [3.63, 3.8) is 0 Å². The van der Waals surface area contributed by atoms with Crippen LogP contribution in [0, 0.1) is 18.7 Å². The number of ether oxygens (including phenoxy) is 2. The lowest BCUT2D eigenvalue weighted by Crippen LogP contribution is -2.36. The van der Waals surface area contributed by atoms with Gasteiger partial charge in [-0.05, 0) is 63.8 Å². The molecular formula is C27H34FN3O3. The summed E-state index contributed by atoms with van der Waals surface area (Å²) in [6.07, 6.45) is 1.91. The zero-order valence-electron chi connectivity index (χ0n) is 20.2. The third-order valence-electron chi connectivity index (χ3n) is 5.83. The summed E-state index contributed by atoms with van der Waals surface area (Å²) in [7, 11) is 0. The molecule has 1 aliphatic carbocycles. The number of aryl methyl sites for hydroxylation is 1. The van der Waals surface area contributed by atoms with Crippen LogP contribution in [0.4, 0.5) is 4.39 Å². The van der Waals surface area contributed by atoms with E-state index in [1.165, 1.54) is 25.0 Å². The average molecular weight is 468 g/mol. The highest BCUT2D eigenvalue weighted by atomic mass is 19.1. The van der Waals surface area contributed by atoms with Crippen molar-refractivity contribution in [3.05, 3.63) is 71.7 Å². The van der Waals surface area contributed by atoms with Gasteiger partial charge in [0, 0.05) is 25.7 Å². The highest BCUT2D eigenvalue weighted by Gasteiger charge is 2.28. The Labute approximate surface area is 200 Å². The van der Waals surface area contributed by atoms with Crippen molar-refractivity contribution in [2.45, 2.75) is 52.4 Å². The van der Waals surface area contributed by atoms with E-state index in [1.807, 2.05) is 51.1 Å². The van der Waals surface area contributed by atoms with E-state index >= 15 is 0 Å². The molecule has 1 N–H and O–H groups in total. The van der Waals surface area contributed by atoms with Gasteiger partial charge in [0.1, 0.15) is 11.6 Å². The zero-order valence-corrected chi connectivity index (χ0v) is 20.2. The van der Waals surface area contributed by atoms with Crippen molar-refractivity contribution in [2.75, 3.05) is 19.7 Å².